The molecular formula is C28H31I2NO5. The monoisotopic (exact) mass is 715 g/mol. The molecule has 0 aliphatic heterocycles. The molecule has 0 saturated heterocycles. The number of carbonyl (C=O) groups excluding carboxylic acids is 2. The van der Waals surface area contributed by atoms with Crippen LogP contribution in [0.15, 0.2) is 53.5 Å². The highest BCUT2D eigenvalue weighted by Gasteiger charge is 2.26. The number of nitrogens with zero attached hydrogens (tertiary/aromatic N) is 1. The Morgan fingerprint density at radius 2 is 1.78 bits per heavy atom. The molecule has 0 radical (unpaired) electrons. The van der Waals surface area contributed by atoms with E-state index in [1.807, 2.05) is 37.3 Å². The average Bonchev–Trinajstić information content (AvgIpc) is 3.23. The molecule has 3 aromatic rings. The molecule has 192 valence electrons. The van der Waals surface area contributed by atoms with Gasteiger partial charge in [-0.2, -0.15) is 0 Å². The normalized spacial score (nSPS) is 12.1. The van der Waals surface area contributed by atoms with Crippen molar-refractivity contribution in [2.24, 2.45) is 0 Å². The van der Waals surface area contributed by atoms with Gasteiger partial charge in [-0.25, -0.2) is 0 Å². The number of ether oxygens (including phenoxy) is 2. The van der Waals surface area contributed by atoms with Gasteiger partial charge in [-0.05, 0) is 82.9 Å². The zero-order valence-electron chi connectivity index (χ0n) is 20.8. The Bertz CT molecular complexity index is 1210. The Morgan fingerprint density at radius 3 is 2.39 bits per heavy atom. The summed E-state index contributed by atoms with van der Waals surface area (Å²) < 4.78 is 19.2. The fraction of sp³-hybridized carbons (Fsp3) is 0.357. The third-order valence-corrected chi connectivity index (χ3v) is 7.56. The number of ketones is 1. The lowest BCUT2D eigenvalue weighted by molar-refractivity contribution is -0.146. The molecule has 0 bridgehead atoms. The number of fused-ring (bicyclic) bond motifs is 1. The van der Waals surface area contributed by atoms with Gasteiger partial charge >= 0.3 is 5.97 Å². The van der Waals surface area contributed by atoms with Crippen molar-refractivity contribution in [3.63, 3.8) is 0 Å². The summed E-state index contributed by atoms with van der Waals surface area (Å²) in [6.45, 7) is 13.2. The summed E-state index contributed by atoms with van der Waals surface area (Å²) in [6, 6.07) is 11.0. The van der Waals surface area contributed by atoms with E-state index in [2.05, 4.69) is 70.5 Å². The van der Waals surface area contributed by atoms with Crippen LogP contribution in [0.5, 0.6) is 5.75 Å². The van der Waals surface area contributed by atoms with Crippen molar-refractivity contribution >= 4 is 67.9 Å². The van der Waals surface area contributed by atoms with Crippen molar-refractivity contribution in [2.75, 3.05) is 26.2 Å². The van der Waals surface area contributed by atoms with Crippen LogP contribution in [0.1, 0.15) is 48.9 Å². The van der Waals surface area contributed by atoms with Crippen molar-refractivity contribution < 1.29 is 23.5 Å². The van der Waals surface area contributed by atoms with E-state index in [0.717, 1.165) is 32.5 Å². The van der Waals surface area contributed by atoms with Crippen LogP contribution in [0.2, 0.25) is 0 Å². The van der Waals surface area contributed by atoms with Gasteiger partial charge in [0.15, 0.2) is 5.78 Å². The third kappa shape index (κ3) is 6.89. The summed E-state index contributed by atoms with van der Waals surface area (Å²) in [5.74, 6) is 0.408. The molecule has 1 heterocycles. The van der Waals surface area contributed by atoms with Crippen molar-refractivity contribution in [3.05, 3.63) is 73.1 Å². The van der Waals surface area contributed by atoms with E-state index in [-0.39, 0.29) is 18.3 Å². The van der Waals surface area contributed by atoms with E-state index in [4.69, 9.17) is 13.9 Å². The molecule has 1 atom stereocenters. The standard InChI is InChI=1S/C28H31I2NO5/c1-5-19(6-2)35-25(32)17-24-26(20-11-9-10-12-23(20)36-24)27(33)18-15-21(29)28(22(30)16-18)34-14-13-31(7-3)8-4/h5,9-12,15-16,19H,1,6-8,13-14,17H2,2-4H3/t19-/m1/s1. The van der Waals surface area contributed by atoms with E-state index >= 15 is 0 Å². The van der Waals surface area contributed by atoms with Crippen molar-refractivity contribution in [1.29, 1.82) is 0 Å². The smallest absolute Gasteiger partial charge is 0.314 e. The van der Waals surface area contributed by atoms with Crippen molar-refractivity contribution in [2.45, 2.75) is 39.7 Å². The summed E-state index contributed by atoms with van der Waals surface area (Å²) in [5.41, 5.74) is 1.45. The Kier molecular flexibility index (Phi) is 10.8. The van der Waals surface area contributed by atoms with E-state index in [1.165, 1.54) is 0 Å². The largest absolute Gasteiger partial charge is 0.490 e. The summed E-state index contributed by atoms with van der Waals surface area (Å²) in [7, 11) is 0. The zero-order chi connectivity index (χ0) is 26.2. The number of benzene rings is 2. The lowest BCUT2D eigenvalue weighted by Gasteiger charge is -2.19. The van der Waals surface area contributed by atoms with E-state index in [1.54, 1.807) is 12.1 Å². The molecule has 3 rings (SSSR count). The number of hydrogen-bond donors (Lipinski definition) is 0. The van der Waals surface area contributed by atoms with Crippen LogP contribution in [0.4, 0.5) is 0 Å². The van der Waals surface area contributed by atoms with Crippen LogP contribution in [-0.2, 0) is 16.0 Å². The lowest BCUT2D eigenvalue weighted by Crippen LogP contribution is -2.28. The lowest BCUT2D eigenvalue weighted by atomic mass is 9.99. The maximum Gasteiger partial charge on any atom is 0.314 e. The first-order valence-electron chi connectivity index (χ1n) is 12.0. The first-order valence-corrected chi connectivity index (χ1v) is 14.2. The molecule has 0 amide bonds. The predicted molar refractivity (Wildman–Crippen MR) is 159 cm³/mol. The number of esters is 1. The Labute approximate surface area is 239 Å². The first-order chi connectivity index (χ1) is 17.3. The third-order valence-electron chi connectivity index (χ3n) is 5.96. The number of rotatable bonds is 13. The highest BCUT2D eigenvalue weighted by Crippen LogP contribution is 2.33. The minimum Gasteiger partial charge on any atom is -0.490 e. The van der Waals surface area contributed by atoms with Gasteiger partial charge in [0.1, 0.15) is 36.2 Å². The summed E-state index contributed by atoms with van der Waals surface area (Å²) in [4.78, 5) is 28.7. The van der Waals surface area contributed by atoms with Gasteiger partial charge in [0.05, 0.1) is 12.7 Å². The fourth-order valence-corrected chi connectivity index (χ4v) is 5.98. The SMILES string of the molecule is C=C[C@H](CC)OC(=O)Cc1oc2ccccc2c1C(=O)c1cc(I)c(OCCN(CC)CC)c(I)c1. The second-order valence-corrected chi connectivity index (χ2v) is 10.5. The highest BCUT2D eigenvalue weighted by atomic mass is 127. The maximum absolute atomic E-state index is 13.8. The molecule has 1 aromatic heterocycles. The molecule has 2 aromatic carbocycles. The number of hydrogen-bond acceptors (Lipinski definition) is 6. The van der Waals surface area contributed by atoms with Crippen molar-refractivity contribution in [3.8, 4) is 5.75 Å². The van der Waals surface area contributed by atoms with Gasteiger partial charge < -0.3 is 18.8 Å². The Hall–Kier alpha value is -1.92. The molecule has 0 unspecified atom stereocenters. The average molecular weight is 715 g/mol. The quantitative estimate of drug-likeness (QED) is 0.0856. The number of likely N-dealkylation sites (N-methyl/N-ethyl adjacent to an activating group) is 1. The zero-order valence-corrected chi connectivity index (χ0v) is 25.1. The molecule has 0 spiro atoms. The minimum absolute atomic E-state index is 0.138. The second kappa shape index (κ2) is 13.6. The summed E-state index contributed by atoms with van der Waals surface area (Å²) in [6.07, 6.45) is 1.71. The summed E-state index contributed by atoms with van der Waals surface area (Å²) in [5, 5.41) is 0.672. The van der Waals surface area contributed by atoms with Crippen LogP contribution >= 0.6 is 45.2 Å². The molecule has 36 heavy (non-hydrogen) atoms. The topological polar surface area (TPSA) is 69.0 Å². The van der Waals surface area contributed by atoms with Gasteiger partial charge in [-0.3, -0.25) is 9.59 Å². The van der Waals surface area contributed by atoms with E-state index in [9.17, 15) is 9.59 Å². The predicted octanol–water partition coefficient (Wildman–Crippen LogP) is 6.64. The second-order valence-electron chi connectivity index (χ2n) is 8.22. The van der Waals surface area contributed by atoms with Crippen LogP contribution in [0.3, 0.4) is 0 Å². The molecule has 0 N–H and O–H groups in total. The number of halogens is 2. The van der Waals surface area contributed by atoms with Gasteiger partial charge in [0, 0.05) is 17.5 Å². The highest BCUT2D eigenvalue weighted by molar-refractivity contribution is 14.1. The Morgan fingerprint density at radius 1 is 1.11 bits per heavy atom. The number of carbonyl (C=O) groups is 2. The van der Waals surface area contributed by atoms with Gasteiger partial charge in [-0.1, -0.05) is 51.6 Å². The first kappa shape index (κ1) is 28.6. The van der Waals surface area contributed by atoms with Gasteiger partial charge in [0.25, 0.3) is 0 Å². The summed E-state index contributed by atoms with van der Waals surface area (Å²) >= 11 is 4.41. The maximum atomic E-state index is 13.8. The van der Waals surface area contributed by atoms with Crippen LogP contribution in [-0.4, -0.2) is 49.0 Å². The van der Waals surface area contributed by atoms with Crippen molar-refractivity contribution in [1.82, 2.24) is 4.90 Å². The van der Waals surface area contributed by atoms with E-state index in [0.29, 0.717) is 40.9 Å². The molecule has 0 saturated carbocycles. The number of furan rings is 1. The molecule has 8 heteroatoms. The van der Waals surface area contributed by atoms with Crippen LogP contribution < -0.4 is 4.74 Å². The molecule has 0 aliphatic rings. The number of para-hydroxylation sites is 1. The molecule has 0 aliphatic carbocycles. The fourth-order valence-electron chi connectivity index (χ4n) is 3.90. The van der Waals surface area contributed by atoms with E-state index < -0.39 is 5.97 Å². The molecule has 0 fully saturated rings. The van der Waals surface area contributed by atoms with Crippen LogP contribution in [0.25, 0.3) is 11.0 Å². The molecule has 6 nitrogen and oxygen atoms in total. The minimum atomic E-state index is -0.462. The van der Waals surface area contributed by atoms with Gasteiger partial charge in [-0.15, -0.1) is 0 Å². The Balaban J connectivity index is 1.90. The van der Waals surface area contributed by atoms with Gasteiger partial charge in [0.2, 0.25) is 0 Å². The van der Waals surface area contributed by atoms with Crippen LogP contribution in [0, 0.1) is 7.14 Å². The molecular weight excluding hydrogens is 684 g/mol.